The van der Waals surface area contributed by atoms with Gasteiger partial charge in [0, 0.05) is 18.3 Å². The summed E-state index contributed by atoms with van der Waals surface area (Å²) in [7, 11) is 1.71. The molecule has 1 aliphatic heterocycles. The summed E-state index contributed by atoms with van der Waals surface area (Å²) in [4.78, 5) is 24.2. The summed E-state index contributed by atoms with van der Waals surface area (Å²) in [5.74, 6) is -0.870. The van der Waals surface area contributed by atoms with E-state index in [1.165, 1.54) is 6.20 Å². The fraction of sp³-hybridized carbons (Fsp3) is 0.154. The molecular weight excluding hydrogens is 248 g/mol. The zero-order valence-corrected chi connectivity index (χ0v) is 10.1. The first-order valence-electron chi connectivity index (χ1n) is 5.65. The summed E-state index contributed by atoms with van der Waals surface area (Å²) in [5.41, 5.74) is 2.32. The number of aromatic carboxylic acids is 1. The number of amides is 1. The topological polar surface area (TPSA) is 83.6 Å². The van der Waals surface area contributed by atoms with E-state index in [-0.39, 0.29) is 17.2 Å². The van der Waals surface area contributed by atoms with E-state index < -0.39 is 5.97 Å². The van der Waals surface area contributed by atoms with Crippen LogP contribution in [0, 0.1) is 0 Å². The molecule has 0 saturated carbocycles. The van der Waals surface area contributed by atoms with Gasteiger partial charge in [0.05, 0.1) is 12.6 Å². The second kappa shape index (κ2) is 3.94. The highest BCUT2D eigenvalue weighted by Crippen LogP contribution is 2.33. The van der Waals surface area contributed by atoms with Crippen LogP contribution in [0.25, 0.3) is 11.3 Å². The van der Waals surface area contributed by atoms with Crippen LogP contribution in [0.15, 0.2) is 28.9 Å². The Morgan fingerprint density at radius 1 is 1.47 bits per heavy atom. The summed E-state index contributed by atoms with van der Waals surface area (Å²) in [6.07, 6.45) is 1.48. The Morgan fingerprint density at radius 3 is 3.00 bits per heavy atom. The van der Waals surface area contributed by atoms with E-state index in [4.69, 9.17) is 9.63 Å². The number of rotatable bonds is 2. The monoisotopic (exact) mass is 258 g/mol. The SMILES string of the molecule is CN1C(=O)Cc2cc(-c3oncc3C(=O)O)ccc21. The van der Waals surface area contributed by atoms with E-state index in [9.17, 15) is 9.59 Å². The van der Waals surface area contributed by atoms with Gasteiger partial charge in [-0.3, -0.25) is 4.79 Å². The molecule has 0 spiro atoms. The van der Waals surface area contributed by atoms with E-state index in [1.807, 2.05) is 0 Å². The summed E-state index contributed by atoms with van der Waals surface area (Å²) in [6, 6.07) is 5.27. The molecule has 19 heavy (non-hydrogen) atoms. The number of nitrogens with zero attached hydrogens (tertiary/aromatic N) is 2. The van der Waals surface area contributed by atoms with Crippen LogP contribution < -0.4 is 4.90 Å². The first-order valence-corrected chi connectivity index (χ1v) is 5.65. The fourth-order valence-electron chi connectivity index (χ4n) is 2.21. The van der Waals surface area contributed by atoms with Gasteiger partial charge in [-0.05, 0) is 23.8 Å². The molecule has 0 aliphatic carbocycles. The first kappa shape index (κ1) is 11.5. The largest absolute Gasteiger partial charge is 0.477 e. The molecule has 0 unspecified atom stereocenters. The van der Waals surface area contributed by atoms with E-state index >= 15 is 0 Å². The lowest BCUT2D eigenvalue weighted by Crippen LogP contribution is -2.20. The number of carboxylic acids is 1. The maximum absolute atomic E-state index is 11.6. The first-order chi connectivity index (χ1) is 9.08. The van der Waals surface area contributed by atoms with E-state index in [2.05, 4.69) is 5.16 Å². The second-order valence-corrected chi connectivity index (χ2v) is 4.35. The molecule has 1 aliphatic rings. The van der Waals surface area contributed by atoms with E-state index in [1.54, 1.807) is 30.1 Å². The molecule has 6 heteroatoms. The number of likely N-dealkylation sites (N-methyl/N-ethyl adjacent to an activating group) is 1. The standard InChI is InChI=1S/C13H10N2O4/c1-15-10-3-2-7(4-8(10)5-11(15)16)12-9(13(17)18)6-14-19-12/h2-4,6H,5H2,1H3,(H,17,18). The maximum atomic E-state index is 11.6. The van der Waals surface area contributed by atoms with Crippen LogP contribution in [0.1, 0.15) is 15.9 Å². The Labute approximate surface area is 108 Å². The minimum atomic E-state index is -1.09. The van der Waals surface area contributed by atoms with Crippen molar-refractivity contribution in [3.8, 4) is 11.3 Å². The average Bonchev–Trinajstić information content (AvgIpc) is 2.95. The van der Waals surface area contributed by atoms with Crippen molar-refractivity contribution < 1.29 is 19.2 Å². The molecule has 2 aromatic rings. The van der Waals surface area contributed by atoms with Gasteiger partial charge in [0.25, 0.3) is 0 Å². The van der Waals surface area contributed by atoms with Crippen LogP contribution in [0.4, 0.5) is 5.69 Å². The predicted molar refractivity (Wildman–Crippen MR) is 66.0 cm³/mol. The second-order valence-electron chi connectivity index (χ2n) is 4.35. The van der Waals surface area contributed by atoms with Gasteiger partial charge in [-0.1, -0.05) is 5.16 Å². The lowest BCUT2D eigenvalue weighted by Gasteiger charge is -2.09. The summed E-state index contributed by atoms with van der Waals surface area (Å²) < 4.78 is 5.00. The van der Waals surface area contributed by atoms with Gasteiger partial charge >= 0.3 is 5.97 Å². The Kier molecular flexibility index (Phi) is 2.38. The van der Waals surface area contributed by atoms with Crippen molar-refractivity contribution in [2.24, 2.45) is 0 Å². The highest BCUT2D eigenvalue weighted by atomic mass is 16.5. The zero-order valence-electron chi connectivity index (χ0n) is 10.1. The molecule has 6 nitrogen and oxygen atoms in total. The number of carbonyl (C=O) groups is 2. The Hall–Kier alpha value is -2.63. The number of hydrogen-bond acceptors (Lipinski definition) is 4. The van der Waals surface area contributed by atoms with Crippen molar-refractivity contribution >= 4 is 17.6 Å². The average molecular weight is 258 g/mol. The van der Waals surface area contributed by atoms with Crippen molar-refractivity contribution in [3.05, 3.63) is 35.5 Å². The van der Waals surface area contributed by atoms with Crippen molar-refractivity contribution in [2.75, 3.05) is 11.9 Å². The van der Waals surface area contributed by atoms with Gasteiger partial charge in [-0.15, -0.1) is 0 Å². The van der Waals surface area contributed by atoms with Crippen molar-refractivity contribution in [3.63, 3.8) is 0 Å². The molecule has 0 radical (unpaired) electrons. The van der Waals surface area contributed by atoms with E-state index in [0.717, 1.165) is 11.3 Å². The highest BCUT2D eigenvalue weighted by Gasteiger charge is 2.25. The third kappa shape index (κ3) is 1.69. The smallest absolute Gasteiger partial charge is 0.341 e. The molecule has 0 atom stereocenters. The van der Waals surface area contributed by atoms with Crippen molar-refractivity contribution in [1.82, 2.24) is 5.16 Å². The van der Waals surface area contributed by atoms with Gasteiger partial charge in [0.1, 0.15) is 5.56 Å². The third-order valence-corrected chi connectivity index (χ3v) is 3.22. The molecule has 2 heterocycles. The molecule has 96 valence electrons. The number of fused-ring (bicyclic) bond motifs is 1. The zero-order chi connectivity index (χ0) is 13.6. The Balaban J connectivity index is 2.09. The molecule has 0 fully saturated rings. The van der Waals surface area contributed by atoms with Crippen LogP contribution in [-0.2, 0) is 11.2 Å². The number of benzene rings is 1. The Morgan fingerprint density at radius 2 is 2.26 bits per heavy atom. The fourth-order valence-corrected chi connectivity index (χ4v) is 2.21. The lowest BCUT2D eigenvalue weighted by molar-refractivity contribution is -0.117. The quantitative estimate of drug-likeness (QED) is 0.883. The maximum Gasteiger partial charge on any atom is 0.341 e. The van der Waals surface area contributed by atoms with Gasteiger partial charge in [0.2, 0.25) is 5.91 Å². The predicted octanol–water partition coefficient (Wildman–Crippen LogP) is 1.56. The highest BCUT2D eigenvalue weighted by molar-refractivity contribution is 6.02. The molecular formula is C13H10N2O4. The minimum Gasteiger partial charge on any atom is -0.477 e. The molecule has 1 aromatic heterocycles. The van der Waals surface area contributed by atoms with Crippen LogP contribution >= 0.6 is 0 Å². The number of aromatic nitrogens is 1. The van der Waals surface area contributed by atoms with E-state index in [0.29, 0.717) is 12.0 Å². The third-order valence-electron chi connectivity index (χ3n) is 3.22. The normalized spacial score (nSPS) is 13.7. The summed E-state index contributed by atoms with van der Waals surface area (Å²) in [6.45, 7) is 0. The van der Waals surface area contributed by atoms with Gasteiger partial charge in [0.15, 0.2) is 5.76 Å². The molecule has 3 rings (SSSR count). The Bertz CT molecular complexity index is 690. The summed E-state index contributed by atoms with van der Waals surface area (Å²) in [5, 5.41) is 12.5. The van der Waals surface area contributed by atoms with Crippen LogP contribution in [0.5, 0.6) is 0 Å². The van der Waals surface area contributed by atoms with Crippen LogP contribution in [0.3, 0.4) is 0 Å². The van der Waals surface area contributed by atoms with Gasteiger partial charge in [-0.2, -0.15) is 0 Å². The molecule has 1 N–H and O–H groups in total. The van der Waals surface area contributed by atoms with Gasteiger partial charge < -0.3 is 14.5 Å². The molecule has 1 amide bonds. The molecule has 0 saturated heterocycles. The molecule has 1 aromatic carbocycles. The lowest BCUT2D eigenvalue weighted by atomic mass is 10.0. The number of hydrogen-bond donors (Lipinski definition) is 1. The number of anilines is 1. The van der Waals surface area contributed by atoms with Crippen molar-refractivity contribution in [2.45, 2.75) is 6.42 Å². The van der Waals surface area contributed by atoms with Crippen molar-refractivity contribution in [1.29, 1.82) is 0 Å². The van der Waals surface area contributed by atoms with Gasteiger partial charge in [-0.25, -0.2) is 4.79 Å². The number of carboxylic acid groups (broad SMARTS) is 1. The van der Waals surface area contributed by atoms with Crippen LogP contribution in [-0.4, -0.2) is 29.2 Å². The minimum absolute atomic E-state index is 0.0117. The van der Waals surface area contributed by atoms with Crippen LogP contribution in [0.2, 0.25) is 0 Å². The summed E-state index contributed by atoms with van der Waals surface area (Å²) >= 11 is 0. The number of carbonyl (C=O) groups excluding carboxylic acids is 1. The molecule has 0 bridgehead atoms.